The summed E-state index contributed by atoms with van der Waals surface area (Å²) < 4.78 is 1.74. The molecule has 0 bridgehead atoms. The van der Waals surface area contributed by atoms with E-state index < -0.39 is 0 Å². The fourth-order valence-electron chi connectivity index (χ4n) is 1.96. The van der Waals surface area contributed by atoms with Crippen LogP contribution in [0.15, 0.2) is 36.5 Å². The Hall–Kier alpha value is -2.36. The van der Waals surface area contributed by atoms with Crippen molar-refractivity contribution in [1.29, 1.82) is 0 Å². The lowest BCUT2D eigenvalue weighted by Gasteiger charge is -1.98. The number of nitrogens with one attached hydrogen (secondary N) is 1. The van der Waals surface area contributed by atoms with Crippen molar-refractivity contribution in [2.75, 3.05) is 5.32 Å². The predicted molar refractivity (Wildman–Crippen MR) is 66.2 cm³/mol. The number of aryl methyl sites for hydroxylation is 1. The van der Waals surface area contributed by atoms with Crippen LogP contribution in [0.3, 0.4) is 0 Å². The number of fused-ring (bicyclic) bond motifs is 1. The Kier molecular flexibility index (Phi) is 2.08. The van der Waals surface area contributed by atoms with E-state index in [1.807, 2.05) is 43.5 Å². The fourth-order valence-corrected chi connectivity index (χ4v) is 1.96. The van der Waals surface area contributed by atoms with Crippen molar-refractivity contribution in [2.45, 2.75) is 0 Å². The van der Waals surface area contributed by atoms with E-state index in [2.05, 4.69) is 10.4 Å². The van der Waals surface area contributed by atoms with E-state index in [1.54, 1.807) is 10.9 Å². The van der Waals surface area contributed by atoms with Crippen LogP contribution in [0.25, 0.3) is 11.6 Å². The Morgan fingerprint density at radius 2 is 2.12 bits per heavy atom. The summed E-state index contributed by atoms with van der Waals surface area (Å²) >= 11 is 0. The summed E-state index contributed by atoms with van der Waals surface area (Å²) in [5.41, 5.74) is 3.40. The van der Waals surface area contributed by atoms with Gasteiger partial charge in [-0.1, -0.05) is 18.2 Å². The standard InChI is InChI=1S/C13H11N3O/c1-16-9(6-7-14-16)8-11-10-4-2-3-5-12(10)15-13(11)17/h2-8H,1H3,(H,15,17). The number of anilines is 1. The molecule has 0 aliphatic carbocycles. The molecule has 17 heavy (non-hydrogen) atoms. The average molecular weight is 225 g/mol. The van der Waals surface area contributed by atoms with Gasteiger partial charge < -0.3 is 5.32 Å². The molecular formula is C13H11N3O. The fraction of sp³-hybridized carbons (Fsp3) is 0.0769. The van der Waals surface area contributed by atoms with Crippen LogP contribution in [0.4, 0.5) is 5.69 Å². The van der Waals surface area contributed by atoms with Crippen LogP contribution >= 0.6 is 0 Å². The number of hydrogen-bond acceptors (Lipinski definition) is 2. The molecule has 2 heterocycles. The van der Waals surface area contributed by atoms with Crippen LogP contribution in [-0.2, 0) is 11.8 Å². The third-order valence-corrected chi connectivity index (χ3v) is 2.86. The van der Waals surface area contributed by atoms with Crippen molar-refractivity contribution < 1.29 is 4.79 Å². The Labute approximate surface area is 98.6 Å². The van der Waals surface area contributed by atoms with Crippen molar-refractivity contribution in [2.24, 2.45) is 7.05 Å². The molecule has 1 aromatic carbocycles. The van der Waals surface area contributed by atoms with Crippen LogP contribution in [0.5, 0.6) is 0 Å². The van der Waals surface area contributed by atoms with Gasteiger partial charge in [-0.2, -0.15) is 5.10 Å². The Morgan fingerprint density at radius 3 is 2.88 bits per heavy atom. The molecular weight excluding hydrogens is 214 g/mol. The third-order valence-electron chi connectivity index (χ3n) is 2.86. The first kappa shape index (κ1) is 9.84. The van der Waals surface area contributed by atoms with Gasteiger partial charge in [-0.05, 0) is 18.2 Å². The van der Waals surface area contributed by atoms with Gasteiger partial charge in [0.15, 0.2) is 0 Å². The quantitative estimate of drug-likeness (QED) is 0.753. The van der Waals surface area contributed by atoms with Crippen LogP contribution in [0.2, 0.25) is 0 Å². The minimum atomic E-state index is -0.0626. The first-order valence-electron chi connectivity index (χ1n) is 5.36. The second-order valence-electron chi connectivity index (χ2n) is 3.94. The van der Waals surface area contributed by atoms with E-state index in [1.165, 1.54) is 0 Å². The second-order valence-corrected chi connectivity index (χ2v) is 3.94. The smallest absolute Gasteiger partial charge is 0.256 e. The maximum atomic E-state index is 11.9. The van der Waals surface area contributed by atoms with Gasteiger partial charge in [0.25, 0.3) is 5.91 Å². The van der Waals surface area contributed by atoms with Crippen LogP contribution in [0, 0.1) is 0 Å². The number of para-hydroxylation sites is 1. The molecule has 0 saturated carbocycles. The van der Waals surface area contributed by atoms with Crippen LogP contribution in [-0.4, -0.2) is 15.7 Å². The van der Waals surface area contributed by atoms with Gasteiger partial charge in [-0.25, -0.2) is 0 Å². The largest absolute Gasteiger partial charge is 0.321 e. The molecule has 1 N–H and O–H groups in total. The highest BCUT2D eigenvalue weighted by molar-refractivity contribution is 6.34. The van der Waals surface area contributed by atoms with Gasteiger partial charge in [0.2, 0.25) is 0 Å². The Bertz CT molecular complexity index is 625. The van der Waals surface area contributed by atoms with E-state index in [0.29, 0.717) is 5.57 Å². The summed E-state index contributed by atoms with van der Waals surface area (Å²) in [6.45, 7) is 0. The Morgan fingerprint density at radius 1 is 1.29 bits per heavy atom. The minimum absolute atomic E-state index is 0.0626. The van der Waals surface area contributed by atoms with E-state index >= 15 is 0 Å². The number of aromatic nitrogens is 2. The number of rotatable bonds is 1. The lowest BCUT2D eigenvalue weighted by Crippen LogP contribution is -2.04. The molecule has 1 amide bonds. The van der Waals surface area contributed by atoms with E-state index in [9.17, 15) is 4.79 Å². The van der Waals surface area contributed by atoms with Gasteiger partial charge in [0, 0.05) is 24.5 Å². The number of carbonyl (C=O) groups is 1. The number of carbonyl (C=O) groups excluding carboxylic acids is 1. The highest BCUT2D eigenvalue weighted by Crippen LogP contribution is 2.32. The maximum Gasteiger partial charge on any atom is 0.256 e. The van der Waals surface area contributed by atoms with Crippen molar-refractivity contribution in [1.82, 2.24) is 9.78 Å². The van der Waals surface area contributed by atoms with Crippen molar-refractivity contribution in [3.63, 3.8) is 0 Å². The highest BCUT2D eigenvalue weighted by atomic mass is 16.2. The molecule has 4 nitrogen and oxygen atoms in total. The summed E-state index contributed by atoms with van der Waals surface area (Å²) in [6.07, 6.45) is 3.57. The molecule has 0 atom stereocenters. The molecule has 84 valence electrons. The zero-order valence-electron chi connectivity index (χ0n) is 9.34. The summed E-state index contributed by atoms with van der Waals surface area (Å²) in [4.78, 5) is 11.9. The minimum Gasteiger partial charge on any atom is -0.321 e. The lowest BCUT2D eigenvalue weighted by molar-refractivity contribution is -0.110. The van der Waals surface area contributed by atoms with Gasteiger partial charge in [0.1, 0.15) is 0 Å². The molecule has 4 heteroatoms. The van der Waals surface area contributed by atoms with Gasteiger partial charge in [-0.15, -0.1) is 0 Å². The van der Waals surface area contributed by atoms with E-state index in [-0.39, 0.29) is 5.91 Å². The third kappa shape index (κ3) is 1.54. The highest BCUT2D eigenvalue weighted by Gasteiger charge is 2.23. The van der Waals surface area contributed by atoms with Crippen molar-refractivity contribution in [3.8, 4) is 0 Å². The van der Waals surface area contributed by atoms with E-state index in [4.69, 9.17) is 0 Å². The first-order valence-corrected chi connectivity index (χ1v) is 5.36. The number of amides is 1. The monoisotopic (exact) mass is 225 g/mol. The zero-order chi connectivity index (χ0) is 11.8. The molecule has 0 fully saturated rings. The summed E-state index contributed by atoms with van der Waals surface area (Å²) in [5, 5.41) is 6.92. The normalized spacial score (nSPS) is 16.1. The molecule has 0 unspecified atom stereocenters. The summed E-state index contributed by atoms with van der Waals surface area (Å²) in [6, 6.07) is 9.55. The molecule has 1 aliphatic rings. The van der Waals surface area contributed by atoms with Crippen LogP contribution < -0.4 is 5.32 Å². The number of hydrogen-bond donors (Lipinski definition) is 1. The molecule has 0 spiro atoms. The summed E-state index contributed by atoms with van der Waals surface area (Å²) in [7, 11) is 1.85. The summed E-state index contributed by atoms with van der Waals surface area (Å²) in [5.74, 6) is -0.0626. The number of benzene rings is 1. The average Bonchev–Trinajstić information content (AvgIpc) is 2.85. The molecule has 0 saturated heterocycles. The van der Waals surface area contributed by atoms with Gasteiger partial charge >= 0.3 is 0 Å². The van der Waals surface area contributed by atoms with E-state index in [0.717, 1.165) is 16.9 Å². The molecule has 0 radical (unpaired) electrons. The van der Waals surface area contributed by atoms with Crippen LogP contribution in [0.1, 0.15) is 11.3 Å². The maximum absolute atomic E-state index is 11.9. The predicted octanol–water partition coefficient (Wildman–Crippen LogP) is 1.91. The first-order chi connectivity index (χ1) is 8.25. The lowest BCUT2D eigenvalue weighted by atomic mass is 10.1. The molecule has 1 aliphatic heterocycles. The molecule has 3 rings (SSSR count). The van der Waals surface area contributed by atoms with Gasteiger partial charge in [0.05, 0.1) is 11.3 Å². The SMILES string of the molecule is Cn1nccc1C=C1C(=O)Nc2ccccc21. The van der Waals surface area contributed by atoms with Crippen molar-refractivity contribution >= 4 is 23.2 Å². The zero-order valence-corrected chi connectivity index (χ0v) is 9.34. The Balaban J connectivity index is 2.13. The van der Waals surface area contributed by atoms with Crippen molar-refractivity contribution in [3.05, 3.63) is 47.8 Å². The second kappa shape index (κ2) is 3.59. The van der Waals surface area contributed by atoms with Gasteiger partial charge in [-0.3, -0.25) is 9.48 Å². The molecule has 1 aromatic heterocycles. The topological polar surface area (TPSA) is 46.9 Å². The molecule has 2 aromatic rings. The number of nitrogens with zero attached hydrogens (tertiary/aromatic N) is 2.